The molecule has 0 saturated heterocycles. The summed E-state index contributed by atoms with van der Waals surface area (Å²) < 4.78 is 27.9. The van der Waals surface area contributed by atoms with Crippen LogP contribution in [0.1, 0.15) is 20.8 Å². The molecule has 0 heterocycles. The molecule has 0 rings (SSSR count). The van der Waals surface area contributed by atoms with E-state index >= 15 is 0 Å². The summed E-state index contributed by atoms with van der Waals surface area (Å²) in [6.45, 7) is 6.49. The van der Waals surface area contributed by atoms with E-state index in [0.29, 0.717) is 12.6 Å². The molecule has 0 aromatic rings. The summed E-state index contributed by atoms with van der Waals surface area (Å²) >= 11 is 0. The van der Waals surface area contributed by atoms with Gasteiger partial charge in [-0.2, -0.15) is 0 Å². The Bertz CT molecular complexity index is 236. The first-order valence-electron chi connectivity index (χ1n) is 4.84. The van der Waals surface area contributed by atoms with Gasteiger partial charge in [0.25, 0.3) is 0 Å². The normalized spacial score (nSPS) is 14.6. The van der Waals surface area contributed by atoms with E-state index in [-0.39, 0.29) is 17.6 Å². The van der Waals surface area contributed by atoms with Gasteiger partial charge >= 0.3 is 0 Å². The lowest BCUT2D eigenvalue weighted by Gasteiger charge is -2.15. The van der Waals surface area contributed by atoms with E-state index in [1.54, 1.807) is 6.92 Å². The van der Waals surface area contributed by atoms with Crippen LogP contribution < -0.4 is 5.32 Å². The Balaban J connectivity index is 4.01. The zero-order valence-electron chi connectivity index (χ0n) is 9.41. The molecule has 14 heavy (non-hydrogen) atoms. The summed E-state index contributed by atoms with van der Waals surface area (Å²) in [5.74, 6) is 0.102. The van der Waals surface area contributed by atoms with Crippen LogP contribution in [0, 0.1) is 0 Å². The van der Waals surface area contributed by atoms with Crippen LogP contribution >= 0.6 is 0 Å². The Morgan fingerprint density at radius 2 is 1.86 bits per heavy atom. The van der Waals surface area contributed by atoms with Crippen molar-refractivity contribution in [3.8, 4) is 0 Å². The molecule has 5 heteroatoms. The minimum atomic E-state index is -3.01. The van der Waals surface area contributed by atoms with Crippen molar-refractivity contribution in [1.82, 2.24) is 5.32 Å². The number of hydrogen-bond donors (Lipinski definition) is 1. The molecule has 0 amide bonds. The van der Waals surface area contributed by atoms with Crippen LogP contribution in [0.3, 0.4) is 0 Å². The van der Waals surface area contributed by atoms with Crippen LogP contribution in [-0.4, -0.2) is 45.7 Å². The van der Waals surface area contributed by atoms with Crippen molar-refractivity contribution < 1.29 is 13.2 Å². The second kappa shape index (κ2) is 6.37. The first kappa shape index (κ1) is 13.9. The number of sulfone groups is 1. The molecule has 4 nitrogen and oxygen atoms in total. The minimum absolute atomic E-state index is 0.102. The third-order valence-electron chi connectivity index (χ3n) is 2.00. The van der Waals surface area contributed by atoms with Crippen molar-refractivity contribution in [1.29, 1.82) is 0 Å². The Hall–Kier alpha value is -0.130. The van der Waals surface area contributed by atoms with E-state index in [1.165, 1.54) is 7.11 Å². The summed E-state index contributed by atoms with van der Waals surface area (Å²) in [5, 5.41) is 2.76. The Kier molecular flexibility index (Phi) is 6.31. The highest BCUT2D eigenvalue weighted by molar-refractivity contribution is 7.92. The highest BCUT2D eigenvalue weighted by atomic mass is 32.2. The van der Waals surface area contributed by atoms with E-state index in [4.69, 9.17) is 4.74 Å². The van der Waals surface area contributed by atoms with Crippen molar-refractivity contribution in [2.45, 2.75) is 32.1 Å². The smallest absolute Gasteiger partial charge is 0.156 e. The molecule has 0 radical (unpaired) electrons. The number of rotatable bonds is 7. The average molecular weight is 223 g/mol. The third-order valence-corrected chi connectivity index (χ3v) is 4.13. The summed E-state index contributed by atoms with van der Waals surface area (Å²) in [5.41, 5.74) is 0. The summed E-state index contributed by atoms with van der Waals surface area (Å²) in [6.07, 6.45) is 0. The first-order chi connectivity index (χ1) is 6.40. The van der Waals surface area contributed by atoms with Gasteiger partial charge in [-0.3, -0.25) is 0 Å². The van der Waals surface area contributed by atoms with Gasteiger partial charge in [0.2, 0.25) is 0 Å². The van der Waals surface area contributed by atoms with Gasteiger partial charge in [-0.05, 0) is 6.92 Å². The highest BCUT2D eigenvalue weighted by Gasteiger charge is 2.20. The number of methoxy groups -OCH3 is 1. The fourth-order valence-corrected chi connectivity index (χ4v) is 2.08. The van der Waals surface area contributed by atoms with E-state index < -0.39 is 9.84 Å². The van der Waals surface area contributed by atoms with Crippen LogP contribution in [0.5, 0.6) is 0 Å². The van der Waals surface area contributed by atoms with Gasteiger partial charge in [0, 0.05) is 19.7 Å². The van der Waals surface area contributed by atoms with Gasteiger partial charge in [-0.25, -0.2) is 8.42 Å². The van der Waals surface area contributed by atoms with Gasteiger partial charge in [0.15, 0.2) is 9.84 Å². The van der Waals surface area contributed by atoms with Crippen LogP contribution in [0.2, 0.25) is 0 Å². The molecule has 0 saturated carbocycles. The van der Waals surface area contributed by atoms with E-state index in [2.05, 4.69) is 5.32 Å². The number of ether oxygens (including phenoxy) is 1. The van der Waals surface area contributed by atoms with Crippen LogP contribution in [0.4, 0.5) is 0 Å². The van der Waals surface area contributed by atoms with Crippen molar-refractivity contribution >= 4 is 9.84 Å². The van der Waals surface area contributed by atoms with Gasteiger partial charge in [0.05, 0.1) is 17.6 Å². The number of hydrogen-bond acceptors (Lipinski definition) is 4. The lowest BCUT2D eigenvalue weighted by atomic mass is 10.3. The van der Waals surface area contributed by atoms with Crippen molar-refractivity contribution in [3.63, 3.8) is 0 Å². The molecule has 0 aliphatic rings. The molecular formula is C9H21NO3S. The molecule has 0 aromatic carbocycles. The molecule has 0 aromatic heterocycles. The zero-order chi connectivity index (χ0) is 11.2. The van der Waals surface area contributed by atoms with E-state index in [0.717, 1.165) is 0 Å². The summed E-state index contributed by atoms with van der Waals surface area (Å²) in [4.78, 5) is 0. The minimum Gasteiger partial charge on any atom is -0.384 e. The topological polar surface area (TPSA) is 55.4 Å². The SMILES string of the molecule is COCCS(=O)(=O)C(C)CNC(C)C. The van der Waals surface area contributed by atoms with Crippen molar-refractivity contribution in [3.05, 3.63) is 0 Å². The van der Waals surface area contributed by atoms with E-state index in [1.807, 2.05) is 13.8 Å². The molecule has 0 aliphatic carbocycles. The zero-order valence-corrected chi connectivity index (χ0v) is 10.2. The fourth-order valence-electron chi connectivity index (χ4n) is 0.929. The molecule has 1 unspecified atom stereocenters. The quantitative estimate of drug-likeness (QED) is 0.680. The Morgan fingerprint density at radius 3 is 2.29 bits per heavy atom. The molecule has 86 valence electrons. The van der Waals surface area contributed by atoms with Crippen LogP contribution in [0.25, 0.3) is 0 Å². The maximum Gasteiger partial charge on any atom is 0.156 e. The second-order valence-electron chi connectivity index (χ2n) is 3.73. The summed E-state index contributed by atoms with van der Waals surface area (Å²) in [7, 11) is -1.50. The molecular weight excluding hydrogens is 202 g/mol. The monoisotopic (exact) mass is 223 g/mol. The lowest BCUT2D eigenvalue weighted by Crippen LogP contribution is -2.36. The second-order valence-corrected chi connectivity index (χ2v) is 6.27. The molecule has 0 fully saturated rings. The van der Waals surface area contributed by atoms with Gasteiger partial charge in [-0.15, -0.1) is 0 Å². The molecule has 0 bridgehead atoms. The first-order valence-corrected chi connectivity index (χ1v) is 6.55. The van der Waals surface area contributed by atoms with Crippen molar-refractivity contribution in [2.75, 3.05) is 26.0 Å². The largest absolute Gasteiger partial charge is 0.384 e. The summed E-state index contributed by atoms with van der Waals surface area (Å²) in [6, 6.07) is 0.315. The molecule has 0 aliphatic heterocycles. The van der Waals surface area contributed by atoms with Gasteiger partial charge < -0.3 is 10.1 Å². The van der Waals surface area contributed by atoms with Gasteiger partial charge in [-0.1, -0.05) is 13.8 Å². The Morgan fingerprint density at radius 1 is 1.29 bits per heavy atom. The highest BCUT2D eigenvalue weighted by Crippen LogP contribution is 2.01. The predicted octanol–water partition coefficient (Wildman–Crippen LogP) is 0.434. The van der Waals surface area contributed by atoms with Gasteiger partial charge in [0.1, 0.15) is 0 Å². The van der Waals surface area contributed by atoms with E-state index in [9.17, 15) is 8.42 Å². The number of nitrogens with one attached hydrogen (secondary N) is 1. The molecule has 0 spiro atoms. The standard InChI is InChI=1S/C9H21NO3S/c1-8(2)10-7-9(3)14(11,12)6-5-13-4/h8-10H,5-7H2,1-4H3. The maximum absolute atomic E-state index is 11.6. The molecule has 1 atom stereocenters. The van der Waals surface area contributed by atoms with Crippen LogP contribution in [0.15, 0.2) is 0 Å². The van der Waals surface area contributed by atoms with Crippen molar-refractivity contribution in [2.24, 2.45) is 0 Å². The molecule has 1 N–H and O–H groups in total. The van der Waals surface area contributed by atoms with Crippen LogP contribution in [-0.2, 0) is 14.6 Å². The maximum atomic E-state index is 11.6. The Labute approximate surface area is 86.9 Å². The lowest BCUT2D eigenvalue weighted by molar-refractivity contribution is 0.217. The third kappa shape index (κ3) is 5.57. The average Bonchev–Trinajstić information content (AvgIpc) is 2.10. The predicted molar refractivity (Wildman–Crippen MR) is 58.3 cm³/mol. The fraction of sp³-hybridized carbons (Fsp3) is 1.00.